The third-order valence-corrected chi connectivity index (χ3v) is 6.04. The fourth-order valence-electron chi connectivity index (χ4n) is 4.70. The summed E-state index contributed by atoms with van der Waals surface area (Å²) in [5.74, 6) is -0.0906. The molecule has 0 radical (unpaired) electrons. The second-order valence-electron chi connectivity index (χ2n) is 7.26. The Kier molecular flexibility index (Phi) is 2.87. The van der Waals surface area contributed by atoms with Crippen LogP contribution in [0.5, 0.6) is 0 Å². The molecule has 0 amide bonds. The van der Waals surface area contributed by atoms with Crippen molar-refractivity contribution in [2.24, 2.45) is 0 Å². The number of benzene rings is 1. The first-order valence-corrected chi connectivity index (χ1v) is 8.82. The second kappa shape index (κ2) is 4.84. The van der Waals surface area contributed by atoms with E-state index in [1.165, 1.54) is 11.2 Å². The maximum atomic E-state index is 13.1. The highest BCUT2D eigenvalue weighted by Gasteiger charge is 2.43. The summed E-state index contributed by atoms with van der Waals surface area (Å²) in [6, 6.07) is 8.27. The van der Waals surface area contributed by atoms with Crippen LogP contribution in [0.15, 0.2) is 24.3 Å². The molecule has 4 aliphatic heterocycles. The van der Waals surface area contributed by atoms with Gasteiger partial charge in [0.1, 0.15) is 5.60 Å². The van der Waals surface area contributed by atoms with Crippen molar-refractivity contribution in [3.05, 3.63) is 35.5 Å². The number of carbonyl (C=O) groups excluding carboxylic acids is 1. The standard InChI is InChI=1S/C19H22N2O2/c22-18(23-19-7-11-20(12-8-19)13-9-19)17-14-4-1-2-5-15(14)21-10-3-6-16(17)21/h1-2,4-5H,3,6-13H2. The Hall–Kier alpha value is -1.81. The van der Waals surface area contributed by atoms with Gasteiger partial charge in [0, 0.05) is 62.0 Å². The van der Waals surface area contributed by atoms with Gasteiger partial charge in [-0.2, -0.15) is 0 Å². The summed E-state index contributed by atoms with van der Waals surface area (Å²) in [4.78, 5) is 15.6. The number of fused-ring (bicyclic) bond motifs is 6. The van der Waals surface area contributed by atoms with Crippen molar-refractivity contribution in [1.29, 1.82) is 0 Å². The van der Waals surface area contributed by atoms with E-state index in [9.17, 15) is 4.79 Å². The highest BCUT2D eigenvalue weighted by atomic mass is 16.6. The zero-order valence-corrected chi connectivity index (χ0v) is 13.4. The number of nitrogens with zero attached hydrogens (tertiary/aromatic N) is 2. The molecule has 4 heteroatoms. The van der Waals surface area contributed by atoms with E-state index in [4.69, 9.17) is 4.74 Å². The number of aromatic nitrogens is 1. The molecular formula is C19H22N2O2. The summed E-state index contributed by atoms with van der Waals surface area (Å²) in [6.45, 7) is 4.23. The van der Waals surface area contributed by atoms with Crippen LogP contribution in [0.1, 0.15) is 41.7 Å². The Morgan fingerprint density at radius 3 is 2.57 bits per heavy atom. The van der Waals surface area contributed by atoms with Crippen molar-refractivity contribution in [2.75, 3.05) is 19.6 Å². The molecule has 2 aromatic rings. The van der Waals surface area contributed by atoms with Crippen molar-refractivity contribution in [3.8, 4) is 0 Å². The number of hydrogen-bond donors (Lipinski definition) is 0. The quantitative estimate of drug-likeness (QED) is 0.800. The first kappa shape index (κ1) is 13.6. The van der Waals surface area contributed by atoms with Crippen LogP contribution in [0.25, 0.3) is 10.9 Å². The molecule has 2 bridgehead atoms. The average Bonchev–Trinajstić information content (AvgIpc) is 3.16. The van der Waals surface area contributed by atoms with E-state index in [0.717, 1.165) is 69.2 Å². The largest absolute Gasteiger partial charge is 0.455 e. The number of para-hydroxylation sites is 1. The number of piperidine rings is 3. The Labute approximate surface area is 136 Å². The SMILES string of the molecule is O=C(OC12CCN(CC1)CC2)c1c2n(c3ccccc13)CCC2. The topological polar surface area (TPSA) is 34.5 Å². The van der Waals surface area contributed by atoms with Crippen LogP contribution in [0.3, 0.4) is 0 Å². The molecule has 0 unspecified atom stereocenters. The van der Waals surface area contributed by atoms with Crippen LogP contribution < -0.4 is 0 Å². The van der Waals surface area contributed by atoms with Crippen molar-refractivity contribution >= 4 is 16.9 Å². The molecule has 120 valence electrons. The summed E-state index contributed by atoms with van der Waals surface area (Å²) >= 11 is 0. The molecule has 1 aromatic carbocycles. The lowest BCUT2D eigenvalue weighted by atomic mass is 9.83. The predicted octanol–water partition coefficient (Wildman–Crippen LogP) is 2.98. The molecule has 5 heterocycles. The molecule has 0 spiro atoms. The molecule has 0 atom stereocenters. The zero-order chi connectivity index (χ0) is 15.4. The predicted molar refractivity (Wildman–Crippen MR) is 88.7 cm³/mol. The van der Waals surface area contributed by atoms with Crippen molar-refractivity contribution in [1.82, 2.24) is 9.47 Å². The minimum atomic E-state index is -0.208. The Balaban J connectivity index is 1.54. The van der Waals surface area contributed by atoms with Crippen molar-refractivity contribution < 1.29 is 9.53 Å². The first-order valence-electron chi connectivity index (χ1n) is 8.82. The third-order valence-electron chi connectivity index (χ3n) is 6.04. The molecule has 6 rings (SSSR count). The Bertz CT molecular complexity index is 770. The van der Waals surface area contributed by atoms with Gasteiger partial charge < -0.3 is 14.2 Å². The minimum absolute atomic E-state index is 0.0906. The lowest BCUT2D eigenvalue weighted by molar-refractivity contribution is -0.0869. The highest BCUT2D eigenvalue weighted by Crippen LogP contribution is 2.38. The van der Waals surface area contributed by atoms with Crippen LogP contribution in [0.4, 0.5) is 0 Å². The van der Waals surface area contributed by atoms with Gasteiger partial charge in [0.25, 0.3) is 0 Å². The van der Waals surface area contributed by atoms with E-state index in [1.54, 1.807) is 0 Å². The van der Waals surface area contributed by atoms with Gasteiger partial charge >= 0.3 is 5.97 Å². The van der Waals surface area contributed by atoms with Crippen LogP contribution >= 0.6 is 0 Å². The molecule has 0 N–H and O–H groups in total. The van der Waals surface area contributed by atoms with Crippen molar-refractivity contribution in [3.63, 3.8) is 0 Å². The number of carbonyl (C=O) groups is 1. The summed E-state index contributed by atoms with van der Waals surface area (Å²) in [5, 5.41) is 1.07. The molecule has 4 aliphatic rings. The van der Waals surface area contributed by atoms with Crippen molar-refractivity contribution in [2.45, 2.75) is 44.2 Å². The Morgan fingerprint density at radius 1 is 1.04 bits per heavy atom. The lowest BCUT2D eigenvalue weighted by Gasteiger charge is -2.47. The number of esters is 1. The lowest BCUT2D eigenvalue weighted by Crippen LogP contribution is -2.54. The van der Waals surface area contributed by atoms with E-state index in [-0.39, 0.29) is 11.6 Å². The second-order valence-corrected chi connectivity index (χ2v) is 7.26. The summed E-state index contributed by atoms with van der Waals surface area (Å²) in [7, 11) is 0. The molecule has 0 aliphatic carbocycles. The number of hydrogen-bond acceptors (Lipinski definition) is 3. The average molecular weight is 310 g/mol. The normalized spacial score (nSPS) is 29.0. The number of aryl methyl sites for hydroxylation is 1. The van der Waals surface area contributed by atoms with E-state index in [0.29, 0.717) is 0 Å². The van der Waals surface area contributed by atoms with Gasteiger partial charge in [-0.3, -0.25) is 0 Å². The molecule has 3 saturated heterocycles. The van der Waals surface area contributed by atoms with Gasteiger partial charge in [0.05, 0.1) is 5.56 Å². The van der Waals surface area contributed by atoms with Gasteiger partial charge in [-0.25, -0.2) is 4.79 Å². The van der Waals surface area contributed by atoms with E-state index in [1.807, 2.05) is 6.07 Å². The summed E-state index contributed by atoms with van der Waals surface area (Å²) in [6.07, 6.45) is 5.09. The van der Waals surface area contributed by atoms with Gasteiger partial charge in [0.2, 0.25) is 0 Å². The summed E-state index contributed by atoms with van der Waals surface area (Å²) < 4.78 is 8.48. The smallest absolute Gasteiger partial charge is 0.341 e. The third kappa shape index (κ3) is 1.97. The van der Waals surface area contributed by atoms with Gasteiger partial charge in [-0.05, 0) is 18.9 Å². The monoisotopic (exact) mass is 310 g/mol. The van der Waals surface area contributed by atoms with E-state index in [2.05, 4.69) is 27.7 Å². The van der Waals surface area contributed by atoms with Crippen LogP contribution in [-0.2, 0) is 17.7 Å². The molecule has 1 aromatic heterocycles. The van der Waals surface area contributed by atoms with Crippen LogP contribution in [-0.4, -0.2) is 40.7 Å². The Morgan fingerprint density at radius 2 is 1.78 bits per heavy atom. The van der Waals surface area contributed by atoms with Gasteiger partial charge in [-0.15, -0.1) is 0 Å². The molecular weight excluding hydrogens is 288 g/mol. The molecule has 4 nitrogen and oxygen atoms in total. The highest BCUT2D eigenvalue weighted by molar-refractivity contribution is 6.06. The van der Waals surface area contributed by atoms with Crippen LogP contribution in [0.2, 0.25) is 0 Å². The maximum absolute atomic E-state index is 13.1. The van der Waals surface area contributed by atoms with Gasteiger partial charge in [-0.1, -0.05) is 18.2 Å². The fraction of sp³-hybridized carbons (Fsp3) is 0.526. The summed E-state index contributed by atoms with van der Waals surface area (Å²) in [5.41, 5.74) is 2.99. The minimum Gasteiger partial charge on any atom is -0.455 e. The van der Waals surface area contributed by atoms with E-state index < -0.39 is 0 Å². The zero-order valence-electron chi connectivity index (χ0n) is 13.4. The number of ether oxygens (including phenoxy) is 1. The first-order chi connectivity index (χ1) is 11.3. The van der Waals surface area contributed by atoms with Gasteiger partial charge in [0.15, 0.2) is 0 Å². The molecule has 23 heavy (non-hydrogen) atoms. The number of rotatable bonds is 2. The fourth-order valence-corrected chi connectivity index (χ4v) is 4.70. The molecule has 3 fully saturated rings. The van der Waals surface area contributed by atoms with E-state index >= 15 is 0 Å². The maximum Gasteiger partial charge on any atom is 0.341 e. The van der Waals surface area contributed by atoms with Crippen LogP contribution in [0, 0.1) is 0 Å². The molecule has 0 saturated carbocycles.